The molecule has 1 aromatic carbocycles. The maximum atomic E-state index is 10.6. The highest BCUT2D eigenvalue weighted by molar-refractivity contribution is 5.94. The van der Waals surface area contributed by atoms with Gasteiger partial charge in [-0.05, 0) is 43.9 Å². The molecular formula is C18H20N4O. The van der Waals surface area contributed by atoms with E-state index in [2.05, 4.69) is 32.4 Å². The molecule has 0 spiro atoms. The number of anilines is 1. The molecule has 0 bridgehead atoms. The smallest absolute Gasteiger partial charge is 0.225 e. The highest BCUT2D eigenvalue weighted by Crippen LogP contribution is 2.30. The normalized spacial score (nSPS) is 17.3. The summed E-state index contributed by atoms with van der Waals surface area (Å²) >= 11 is 0. The first-order valence-corrected chi connectivity index (χ1v) is 8.14. The van der Waals surface area contributed by atoms with Crippen molar-refractivity contribution in [2.45, 2.75) is 37.8 Å². The lowest BCUT2D eigenvalue weighted by atomic mass is 9.92. The van der Waals surface area contributed by atoms with E-state index in [-0.39, 0.29) is 0 Å². The zero-order valence-electron chi connectivity index (χ0n) is 12.9. The molecule has 0 aliphatic heterocycles. The van der Waals surface area contributed by atoms with Gasteiger partial charge in [-0.3, -0.25) is 0 Å². The van der Waals surface area contributed by atoms with Crippen LogP contribution in [0.15, 0.2) is 42.7 Å². The van der Waals surface area contributed by atoms with Gasteiger partial charge in [-0.1, -0.05) is 18.6 Å². The van der Waals surface area contributed by atoms with Gasteiger partial charge in [0, 0.05) is 28.9 Å². The molecule has 1 saturated carbocycles. The Morgan fingerprint density at radius 3 is 2.83 bits per heavy atom. The molecule has 5 heteroatoms. The Hall–Kier alpha value is -2.40. The van der Waals surface area contributed by atoms with E-state index in [1.807, 2.05) is 24.4 Å². The average Bonchev–Trinajstić information content (AvgIpc) is 3.04. The third-order valence-corrected chi connectivity index (χ3v) is 4.55. The lowest BCUT2D eigenvalue weighted by Crippen LogP contribution is -2.40. The molecule has 23 heavy (non-hydrogen) atoms. The Balaban J connectivity index is 1.67. The molecular weight excluding hydrogens is 288 g/mol. The zero-order chi connectivity index (χ0) is 15.7. The summed E-state index contributed by atoms with van der Waals surface area (Å²) in [4.78, 5) is 12.1. The largest absolute Gasteiger partial charge is 0.371 e. The highest BCUT2D eigenvalue weighted by atomic mass is 16.3. The number of H-pyrrole nitrogens is 1. The minimum Gasteiger partial charge on any atom is -0.371 e. The maximum absolute atomic E-state index is 10.6. The second-order valence-corrected chi connectivity index (χ2v) is 6.23. The van der Waals surface area contributed by atoms with Crippen LogP contribution in [0.5, 0.6) is 0 Å². The molecule has 0 radical (unpaired) electrons. The van der Waals surface area contributed by atoms with Crippen molar-refractivity contribution in [1.82, 2.24) is 15.0 Å². The molecule has 0 amide bonds. The molecule has 118 valence electrons. The first-order valence-electron chi connectivity index (χ1n) is 8.14. The summed E-state index contributed by atoms with van der Waals surface area (Å²) in [5, 5.41) is 14.9. The summed E-state index contributed by atoms with van der Waals surface area (Å²) in [5.74, 6) is 0.486. The molecule has 3 aromatic rings. The summed E-state index contributed by atoms with van der Waals surface area (Å²) in [6.07, 6.45) is 8.40. The SMILES string of the molecule is OC1(Nc2nccc(-c3cccc4[nH]ccc34)n2)CCCCC1. The minimum atomic E-state index is -0.878. The number of rotatable bonds is 3. The number of hydrogen-bond donors (Lipinski definition) is 3. The Bertz CT molecular complexity index is 821. The van der Waals surface area contributed by atoms with Crippen LogP contribution in [0.2, 0.25) is 0 Å². The third kappa shape index (κ3) is 2.80. The fraction of sp³-hybridized carbons (Fsp3) is 0.333. The van der Waals surface area contributed by atoms with E-state index in [1.54, 1.807) is 6.20 Å². The van der Waals surface area contributed by atoms with E-state index in [0.717, 1.165) is 47.8 Å². The fourth-order valence-electron chi connectivity index (χ4n) is 3.35. The lowest BCUT2D eigenvalue weighted by Gasteiger charge is -2.32. The molecule has 1 aliphatic carbocycles. The van der Waals surface area contributed by atoms with Crippen LogP contribution in [0.4, 0.5) is 5.95 Å². The molecule has 2 aromatic heterocycles. The monoisotopic (exact) mass is 308 g/mol. The van der Waals surface area contributed by atoms with Crippen LogP contribution in [-0.4, -0.2) is 25.8 Å². The standard InChI is InChI=1S/C18H20N4O/c23-18(9-2-1-3-10-18)22-17-20-12-8-16(21-17)13-5-4-6-15-14(13)7-11-19-15/h4-8,11-12,19,23H,1-3,9-10H2,(H,20,21,22). The van der Waals surface area contributed by atoms with Gasteiger partial charge in [0.2, 0.25) is 5.95 Å². The van der Waals surface area contributed by atoms with Crippen molar-refractivity contribution in [3.63, 3.8) is 0 Å². The first kappa shape index (κ1) is 14.2. The Kier molecular flexibility index (Phi) is 3.50. The fourth-order valence-corrected chi connectivity index (χ4v) is 3.35. The number of aromatic nitrogens is 3. The van der Waals surface area contributed by atoms with Crippen LogP contribution in [-0.2, 0) is 0 Å². The van der Waals surface area contributed by atoms with Crippen LogP contribution in [0.25, 0.3) is 22.2 Å². The molecule has 4 rings (SSSR count). The predicted octanol–water partition coefficient (Wildman–Crippen LogP) is 3.69. The van der Waals surface area contributed by atoms with Crippen molar-refractivity contribution in [1.29, 1.82) is 0 Å². The Labute approximate surface area is 134 Å². The maximum Gasteiger partial charge on any atom is 0.225 e. The molecule has 0 saturated heterocycles. The molecule has 0 atom stereocenters. The van der Waals surface area contributed by atoms with Gasteiger partial charge < -0.3 is 15.4 Å². The van der Waals surface area contributed by atoms with Crippen LogP contribution >= 0.6 is 0 Å². The second-order valence-electron chi connectivity index (χ2n) is 6.23. The van der Waals surface area contributed by atoms with Gasteiger partial charge in [0.25, 0.3) is 0 Å². The van der Waals surface area contributed by atoms with Crippen molar-refractivity contribution in [3.05, 3.63) is 42.7 Å². The summed E-state index contributed by atoms with van der Waals surface area (Å²) in [7, 11) is 0. The molecule has 2 heterocycles. The molecule has 3 N–H and O–H groups in total. The summed E-state index contributed by atoms with van der Waals surface area (Å²) in [6.45, 7) is 0. The van der Waals surface area contributed by atoms with E-state index in [4.69, 9.17) is 0 Å². The topological polar surface area (TPSA) is 73.8 Å². The van der Waals surface area contributed by atoms with Crippen LogP contribution in [0.1, 0.15) is 32.1 Å². The van der Waals surface area contributed by atoms with Gasteiger partial charge in [0.05, 0.1) is 5.69 Å². The number of nitrogens with one attached hydrogen (secondary N) is 2. The zero-order valence-corrected chi connectivity index (χ0v) is 12.9. The quantitative estimate of drug-likeness (QED) is 0.645. The van der Waals surface area contributed by atoms with Crippen molar-refractivity contribution >= 4 is 16.9 Å². The van der Waals surface area contributed by atoms with Crippen molar-refractivity contribution < 1.29 is 5.11 Å². The molecule has 1 fully saturated rings. The third-order valence-electron chi connectivity index (χ3n) is 4.55. The van der Waals surface area contributed by atoms with Crippen molar-refractivity contribution in [3.8, 4) is 11.3 Å². The number of nitrogens with zero attached hydrogens (tertiary/aromatic N) is 2. The van der Waals surface area contributed by atoms with Gasteiger partial charge in [0.15, 0.2) is 0 Å². The highest BCUT2D eigenvalue weighted by Gasteiger charge is 2.29. The van der Waals surface area contributed by atoms with Gasteiger partial charge in [-0.2, -0.15) is 0 Å². The van der Waals surface area contributed by atoms with Crippen LogP contribution in [0, 0.1) is 0 Å². The molecule has 5 nitrogen and oxygen atoms in total. The lowest BCUT2D eigenvalue weighted by molar-refractivity contribution is 0.0309. The van der Waals surface area contributed by atoms with E-state index >= 15 is 0 Å². The number of hydrogen-bond acceptors (Lipinski definition) is 4. The van der Waals surface area contributed by atoms with Gasteiger partial charge in [-0.25, -0.2) is 9.97 Å². The number of benzene rings is 1. The van der Waals surface area contributed by atoms with E-state index in [9.17, 15) is 5.11 Å². The van der Waals surface area contributed by atoms with Crippen molar-refractivity contribution in [2.24, 2.45) is 0 Å². The Morgan fingerprint density at radius 1 is 1.09 bits per heavy atom. The Morgan fingerprint density at radius 2 is 1.96 bits per heavy atom. The first-order chi connectivity index (χ1) is 11.2. The van der Waals surface area contributed by atoms with E-state index in [1.165, 1.54) is 6.42 Å². The van der Waals surface area contributed by atoms with Crippen LogP contribution < -0.4 is 5.32 Å². The number of fused-ring (bicyclic) bond motifs is 1. The van der Waals surface area contributed by atoms with E-state index < -0.39 is 5.72 Å². The van der Waals surface area contributed by atoms with Crippen molar-refractivity contribution in [2.75, 3.05) is 5.32 Å². The summed E-state index contributed by atoms with van der Waals surface area (Å²) in [5.41, 5.74) is 2.12. The summed E-state index contributed by atoms with van der Waals surface area (Å²) in [6, 6.07) is 10.1. The molecule has 1 aliphatic rings. The van der Waals surface area contributed by atoms with Gasteiger partial charge in [-0.15, -0.1) is 0 Å². The second kappa shape index (κ2) is 5.66. The van der Waals surface area contributed by atoms with E-state index in [0.29, 0.717) is 5.95 Å². The van der Waals surface area contributed by atoms with Crippen LogP contribution in [0.3, 0.4) is 0 Å². The predicted molar refractivity (Wildman–Crippen MR) is 91.0 cm³/mol. The molecule has 0 unspecified atom stereocenters. The average molecular weight is 308 g/mol. The number of aromatic amines is 1. The van der Waals surface area contributed by atoms with Gasteiger partial charge >= 0.3 is 0 Å². The number of aliphatic hydroxyl groups is 1. The summed E-state index contributed by atoms with van der Waals surface area (Å²) < 4.78 is 0. The van der Waals surface area contributed by atoms with Gasteiger partial charge in [0.1, 0.15) is 5.72 Å². The minimum absolute atomic E-state index is 0.486.